The third-order valence-corrected chi connectivity index (χ3v) is 7.11. The number of methoxy groups -OCH3 is 1. The van der Waals surface area contributed by atoms with Gasteiger partial charge < -0.3 is 25.3 Å². The summed E-state index contributed by atoms with van der Waals surface area (Å²) in [6.45, 7) is 4.73. The van der Waals surface area contributed by atoms with Gasteiger partial charge in [0.05, 0.1) is 13.3 Å². The van der Waals surface area contributed by atoms with E-state index in [1.54, 1.807) is 25.4 Å². The fourth-order valence-electron chi connectivity index (χ4n) is 5.30. The van der Waals surface area contributed by atoms with E-state index in [0.717, 1.165) is 30.6 Å². The van der Waals surface area contributed by atoms with Crippen LogP contribution < -0.4 is 20.5 Å². The van der Waals surface area contributed by atoms with Crippen molar-refractivity contribution in [3.8, 4) is 11.5 Å². The number of aliphatic imine (C=N–C) groups is 1. The zero-order valence-corrected chi connectivity index (χ0v) is 19.2. The fraction of sp³-hybridized carbons (Fsp3) is 0.480. The lowest BCUT2D eigenvalue weighted by molar-refractivity contribution is -0.00197. The fourth-order valence-corrected chi connectivity index (χ4v) is 5.30. The van der Waals surface area contributed by atoms with Gasteiger partial charge in [-0.1, -0.05) is 19.9 Å². The van der Waals surface area contributed by atoms with Crippen molar-refractivity contribution in [3.05, 3.63) is 53.3 Å². The van der Waals surface area contributed by atoms with Gasteiger partial charge in [-0.2, -0.15) is 0 Å². The number of rotatable bonds is 4. The van der Waals surface area contributed by atoms with E-state index in [9.17, 15) is 4.79 Å². The van der Waals surface area contributed by atoms with Crippen molar-refractivity contribution < 1.29 is 19.0 Å². The van der Waals surface area contributed by atoms with Crippen LogP contribution in [0.5, 0.6) is 11.5 Å². The largest absolute Gasteiger partial charge is 0.495 e. The highest BCUT2D eigenvalue weighted by Gasteiger charge is 2.55. The van der Waals surface area contributed by atoms with Crippen molar-refractivity contribution in [2.45, 2.75) is 56.7 Å². The van der Waals surface area contributed by atoms with Crippen molar-refractivity contribution in [2.75, 3.05) is 13.7 Å². The first-order valence-electron chi connectivity index (χ1n) is 11.5. The number of nitrogens with one attached hydrogen (secondary N) is 1. The van der Waals surface area contributed by atoms with Crippen LogP contribution in [0.4, 0.5) is 0 Å². The number of carbonyl (C=O) groups excluding carboxylic acids is 1. The Morgan fingerprint density at radius 1 is 1.27 bits per heavy atom. The van der Waals surface area contributed by atoms with Crippen LogP contribution in [0.25, 0.3) is 0 Å². The lowest BCUT2D eigenvalue weighted by Gasteiger charge is -2.48. The van der Waals surface area contributed by atoms with E-state index < -0.39 is 5.54 Å². The number of aromatic nitrogens is 1. The summed E-state index contributed by atoms with van der Waals surface area (Å²) in [6, 6.07) is 9.96. The highest BCUT2D eigenvalue weighted by Crippen LogP contribution is 2.52. The molecule has 4 unspecified atom stereocenters. The molecule has 0 bridgehead atoms. The number of hydrogen-bond acceptors (Lipinski definition) is 7. The molecule has 174 valence electrons. The van der Waals surface area contributed by atoms with E-state index >= 15 is 0 Å². The summed E-state index contributed by atoms with van der Waals surface area (Å²) < 4.78 is 17.3. The van der Waals surface area contributed by atoms with Crippen molar-refractivity contribution in [2.24, 2.45) is 16.6 Å². The molecule has 3 aliphatic rings. The summed E-state index contributed by atoms with van der Waals surface area (Å²) in [5.41, 5.74) is 8.05. The van der Waals surface area contributed by atoms with Gasteiger partial charge in [0.15, 0.2) is 0 Å². The first kappa shape index (κ1) is 21.6. The monoisotopic (exact) mass is 450 g/mol. The van der Waals surface area contributed by atoms with Crippen LogP contribution in [-0.4, -0.2) is 42.8 Å². The molecule has 0 radical (unpaired) electrons. The molecule has 1 fully saturated rings. The number of pyridine rings is 1. The third kappa shape index (κ3) is 3.77. The average molecular weight is 451 g/mol. The van der Waals surface area contributed by atoms with Gasteiger partial charge in [0, 0.05) is 17.5 Å². The number of nitrogens with zero attached hydrogens (tertiary/aromatic N) is 2. The molecule has 0 saturated heterocycles. The van der Waals surface area contributed by atoms with E-state index in [0.29, 0.717) is 24.0 Å². The molecule has 1 amide bonds. The Hall–Kier alpha value is -3.29. The molecule has 1 saturated carbocycles. The van der Waals surface area contributed by atoms with E-state index in [-0.39, 0.29) is 30.0 Å². The van der Waals surface area contributed by atoms with Crippen LogP contribution in [0, 0.1) is 5.92 Å². The Balaban J connectivity index is 1.42. The number of carbonyl (C=O) groups is 1. The Labute approximate surface area is 193 Å². The molecule has 2 aliphatic heterocycles. The molecule has 1 aliphatic carbocycles. The number of amidine groups is 1. The molecule has 2 aromatic rings. The molecular formula is C25H30N4O4. The van der Waals surface area contributed by atoms with Crippen molar-refractivity contribution in [1.82, 2.24) is 10.3 Å². The van der Waals surface area contributed by atoms with Crippen molar-refractivity contribution in [3.63, 3.8) is 0 Å². The second kappa shape index (κ2) is 8.24. The molecule has 3 heterocycles. The predicted octanol–water partition coefficient (Wildman–Crippen LogP) is 3.11. The second-order valence-electron chi connectivity index (χ2n) is 9.40. The van der Waals surface area contributed by atoms with Gasteiger partial charge in [-0.05, 0) is 55.0 Å². The smallest absolute Gasteiger partial charge is 0.283 e. The topological polar surface area (TPSA) is 108 Å². The second-order valence-corrected chi connectivity index (χ2v) is 9.40. The van der Waals surface area contributed by atoms with Crippen LogP contribution in [0.15, 0.2) is 41.5 Å². The summed E-state index contributed by atoms with van der Waals surface area (Å²) in [6.07, 6.45) is 3.89. The average Bonchev–Trinajstić information content (AvgIpc) is 3.21. The molecule has 3 N–H and O–H groups in total. The van der Waals surface area contributed by atoms with Crippen LogP contribution in [0.3, 0.4) is 0 Å². The van der Waals surface area contributed by atoms with Crippen molar-refractivity contribution in [1.29, 1.82) is 0 Å². The number of amides is 1. The van der Waals surface area contributed by atoms with Gasteiger partial charge in [0.25, 0.3) is 11.9 Å². The van der Waals surface area contributed by atoms with Gasteiger partial charge in [0.2, 0.25) is 0 Å². The van der Waals surface area contributed by atoms with E-state index in [4.69, 9.17) is 24.9 Å². The number of benzene rings is 1. The maximum Gasteiger partial charge on any atom is 0.283 e. The van der Waals surface area contributed by atoms with E-state index in [1.807, 2.05) is 0 Å². The minimum absolute atomic E-state index is 0.00656. The molecule has 1 aromatic carbocycles. The first-order valence-corrected chi connectivity index (χ1v) is 11.5. The summed E-state index contributed by atoms with van der Waals surface area (Å²) in [7, 11) is 1.57. The maximum absolute atomic E-state index is 12.8. The SMILES string of the molecule is COc1ccc(C(=O)NC2CCC3Oc4ccc(C(C)C)cc4C4(COC(N)=N4)C3C2)nc1. The summed E-state index contributed by atoms with van der Waals surface area (Å²) in [4.78, 5) is 21.9. The Kier molecular flexibility index (Phi) is 5.38. The highest BCUT2D eigenvalue weighted by atomic mass is 16.5. The first-order chi connectivity index (χ1) is 15.9. The van der Waals surface area contributed by atoms with E-state index in [2.05, 4.69) is 42.3 Å². The zero-order chi connectivity index (χ0) is 23.2. The summed E-state index contributed by atoms with van der Waals surface area (Å²) in [5, 5.41) is 3.16. The van der Waals surface area contributed by atoms with Crippen molar-refractivity contribution >= 4 is 11.9 Å². The Morgan fingerprint density at radius 2 is 2.12 bits per heavy atom. The number of nitrogens with two attached hydrogens (primary N) is 1. The lowest BCUT2D eigenvalue weighted by Crippen LogP contribution is -2.54. The quantitative estimate of drug-likeness (QED) is 0.741. The highest BCUT2D eigenvalue weighted by molar-refractivity contribution is 5.92. The number of ether oxygens (including phenoxy) is 3. The lowest BCUT2D eigenvalue weighted by atomic mass is 9.67. The Morgan fingerprint density at radius 3 is 2.79 bits per heavy atom. The third-order valence-electron chi connectivity index (χ3n) is 7.11. The standard InChI is InChI=1S/C25H30N4O4/c1-14(2)15-4-8-21-18(10-15)25(13-32-24(26)29-25)19-11-16(5-9-22(19)33-21)28-23(30)20-7-6-17(31-3)12-27-20/h4,6-8,10,12,14,16,19,22H,5,9,11,13H2,1-3H3,(H2,26,29)(H,28,30). The van der Waals surface area contributed by atoms with Crippen LogP contribution >= 0.6 is 0 Å². The molecule has 5 rings (SSSR count). The molecule has 1 spiro atoms. The van der Waals surface area contributed by atoms with Crippen LogP contribution in [-0.2, 0) is 10.3 Å². The Bertz CT molecular complexity index is 1080. The van der Waals surface area contributed by atoms with Gasteiger partial charge in [0.1, 0.15) is 35.4 Å². The minimum Gasteiger partial charge on any atom is -0.495 e. The van der Waals surface area contributed by atoms with Crippen LogP contribution in [0.2, 0.25) is 0 Å². The van der Waals surface area contributed by atoms with Crippen LogP contribution in [0.1, 0.15) is 60.6 Å². The zero-order valence-electron chi connectivity index (χ0n) is 19.2. The van der Waals surface area contributed by atoms with Gasteiger partial charge in [-0.3, -0.25) is 4.79 Å². The predicted molar refractivity (Wildman–Crippen MR) is 124 cm³/mol. The summed E-state index contributed by atoms with van der Waals surface area (Å²) in [5.74, 6) is 1.69. The molecule has 8 heteroatoms. The normalized spacial score (nSPS) is 27.8. The number of hydrogen-bond donors (Lipinski definition) is 2. The molecule has 8 nitrogen and oxygen atoms in total. The molecule has 4 atom stereocenters. The molecule has 33 heavy (non-hydrogen) atoms. The minimum atomic E-state index is -0.602. The molecule has 1 aromatic heterocycles. The van der Waals surface area contributed by atoms with Gasteiger partial charge in [-0.15, -0.1) is 0 Å². The number of fused-ring (bicyclic) bond motifs is 4. The van der Waals surface area contributed by atoms with E-state index in [1.165, 1.54) is 5.56 Å². The van der Waals surface area contributed by atoms with Gasteiger partial charge >= 0.3 is 0 Å². The summed E-state index contributed by atoms with van der Waals surface area (Å²) >= 11 is 0. The van der Waals surface area contributed by atoms with Gasteiger partial charge in [-0.25, -0.2) is 9.98 Å². The molecular weight excluding hydrogens is 420 g/mol. The maximum atomic E-state index is 12.8.